The molecule has 0 radical (unpaired) electrons. The summed E-state index contributed by atoms with van der Waals surface area (Å²) < 4.78 is 31.2. The van der Waals surface area contributed by atoms with E-state index in [4.69, 9.17) is 4.74 Å². The molecule has 1 unspecified atom stereocenters. The molecule has 1 aromatic carbocycles. The van der Waals surface area contributed by atoms with Gasteiger partial charge in [0.25, 0.3) is 5.91 Å². The van der Waals surface area contributed by atoms with Crippen molar-refractivity contribution in [3.63, 3.8) is 0 Å². The number of rotatable bonds is 3. The zero-order valence-corrected chi connectivity index (χ0v) is 9.21. The number of halogens is 2. The van der Waals surface area contributed by atoms with Gasteiger partial charge in [-0.1, -0.05) is 0 Å². The van der Waals surface area contributed by atoms with Gasteiger partial charge in [0.15, 0.2) is 0 Å². The van der Waals surface area contributed by atoms with E-state index in [1.807, 2.05) is 0 Å². The molecule has 0 aromatic heterocycles. The molecule has 1 N–H and O–H groups in total. The van der Waals surface area contributed by atoms with E-state index in [2.05, 4.69) is 5.32 Å². The Morgan fingerprint density at radius 2 is 2.29 bits per heavy atom. The molecule has 1 saturated heterocycles. The van der Waals surface area contributed by atoms with Gasteiger partial charge < -0.3 is 10.1 Å². The fraction of sp³-hybridized carbons (Fsp3) is 0.417. The first-order chi connectivity index (χ1) is 8.16. The number of carbonyl (C=O) groups is 1. The predicted molar refractivity (Wildman–Crippen MR) is 57.7 cm³/mol. The number of hydrogen-bond donors (Lipinski definition) is 1. The van der Waals surface area contributed by atoms with Crippen molar-refractivity contribution in [3.8, 4) is 0 Å². The monoisotopic (exact) mass is 241 g/mol. The first kappa shape index (κ1) is 12.0. The van der Waals surface area contributed by atoms with E-state index in [1.165, 1.54) is 0 Å². The second-order valence-corrected chi connectivity index (χ2v) is 3.97. The minimum Gasteiger partial charge on any atom is -0.376 e. The van der Waals surface area contributed by atoms with Crippen LogP contribution in [-0.2, 0) is 4.74 Å². The predicted octanol–water partition coefficient (Wildman–Crippen LogP) is 1.87. The van der Waals surface area contributed by atoms with E-state index in [-0.39, 0.29) is 11.7 Å². The van der Waals surface area contributed by atoms with Crippen LogP contribution in [0.4, 0.5) is 8.78 Å². The molecule has 5 heteroatoms. The maximum Gasteiger partial charge on any atom is 0.254 e. The minimum atomic E-state index is -0.852. The van der Waals surface area contributed by atoms with Crippen LogP contribution in [0.1, 0.15) is 23.2 Å². The fourth-order valence-corrected chi connectivity index (χ4v) is 1.78. The van der Waals surface area contributed by atoms with Crippen LogP contribution >= 0.6 is 0 Å². The number of nitrogens with one attached hydrogen (secondary N) is 1. The fourth-order valence-electron chi connectivity index (χ4n) is 1.78. The van der Waals surface area contributed by atoms with Crippen molar-refractivity contribution in [1.82, 2.24) is 5.32 Å². The van der Waals surface area contributed by atoms with Crippen LogP contribution in [0.15, 0.2) is 18.2 Å². The molecule has 3 nitrogen and oxygen atoms in total. The van der Waals surface area contributed by atoms with E-state index in [9.17, 15) is 13.6 Å². The SMILES string of the molecule is O=C(NCC1CCCO1)c1ccc(F)cc1F. The van der Waals surface area contributed by atoms with Crippen LogP contribution < -0.4 is 5.32 Å². The van der Waals surface area contributed by atoms with Gasteiger partial charge >= 0.3 is 0 Å². The van der Waals surface area contributed by atoms with Crippen molar-refractivity contribution < 1.29 is 18.3 Å². The average molecular weight is 241 g/mol. The Morgan fingerprint density at radius 1 is 1.47 bits per heavy atom. The first-order valence-corrected chi connectivity index (χ1v) is 5.51. The van der Waals surface area contributed by atoms with Gasteiger partial charge in [0, 0.05) is 19.2 Å². The maximum absolute atomic E-state index is 13.3. The molecular weight excluding hydrogens is 228 g/mol. The summed E-state index contributed by atoms with van der Waals surface area (Å²) in [5, 5.41) is 2.57. The van der Waals surface area contributed by atoms with Gasteiger partial charge in [-0.2, -0.15) is 0 Å². The second-order valence-electron chi connectivity index (χ2n) is 3.97. The first-order valence-electron chi connectivity index (χ1n) is 5.51. The molecular formula is C12H13F2NO2. The third-order valence-corrected chi connectivity index (χ3v) is 2.69. The van der Waals surface area contributed by atoms with Crippen LogP contribution in [0, 0.1) is 11.6 Å². The minimum absolute atomic E-state index is 0.00228. The molecule has 0 bridgehead atoms. The van der Waals surface area contributed by atoms with E-state index in [1.54, 1.807) is 0 Å². The van der Waals surface area contributed by atoms with Crippen LogP contribution in [0.3, 0.4) is 0 Å². The summed E-state index contributed by atoms with van der Waals surface area (Å²) in [6.07, 6.45) is 1.87. The number of hydrogen-bond acceptors (Lipinski definition) is 2. The smallest absolute Gasteiger partial charge is 0.254 e. The number of ether oxygens (including phenoxy) is 1. The highest BCUT2D eigenvalue weighted by atomic mass is 19.1. The molecule has 17 heavy (non-hydrogen) atoms. The molecule has 92 valence electrons. The van der Waals surface area contributed by atoms with Crippen LogP contribution in [0.25, 0.3) is 0 Å². The van der Waals surface area contributed by atoms with Gasteiger partial charge in [0.05, 0.1) is 11.7 Å². The lowest BCUT2D eigenvalue weighted by atomic mass is 10.2. The summed E-state index contributed by atoms with van der Waals surface area (Å²) in [4.78, 5) is 11.6. The Morgan fingerprint density at radius 3 is 2.94 bits per heavy atom. The lowest BCUT2D eigenvalue weighted by molar-refractivity contribution is 0.0854. The molecule has 0 saturated carbocycles. The standard InChI is InChI=1S/C12H13F2NO2/c13-8-3-4-10(11(14)6-8)12(16)15-7-9-2-1-5-17-9/h3-4,6,9H,1-2,5,7H2,(H,15,16). The van der Waals surface area contributed by atoms with E-state index in [0.29, 0.717) is 19.2 Å². The molecule has 2 rings (SSSR count). The lowest BCUT2D eigenvalue weighted by Gasteiger charge is -2.11. The number of amides is 1. The highest BCUT2D eigenvalue weighted by molar-refractivity contribution is 5.94. The molecule has 1 aromatic rings. The third-order valence-electron chi connectivity index (χ3n) is 2.69. The maximum atomic E-state index is 13.3. The van der Waals surface area contributed by atoms with Crippen LogP contribution in [0.5, 0.6) is 0 Å². The molecule has 1 fully saturated rings. The van der Waals surface area contributed by atoms with E-state index in [0.717, 1.165) is 25.0 Å². The zero-order chi connectivity index (χ0) is 12.3. The van der Waals surface area contributed by atoms with Gasteiger partial charge in [-0.25, -0.2) is 8.78 Å². The zero-order valence-electron chi connectivity index (χ0n) is 9.21. The van der Waals surface area contributed by atoms with Gasteiger partial charge in [0.1, 0.15) is 11.6 Å². The normalized spacial score (nSPS) is 19.3. The Kier molecular flexibility index (Phi) is 3.68. The topological polar surface area (TPSA) is 38.3 Å². The number of carbonyl (C=O) groups excluding carboxylic acids is 1. The molecule has 1 amide bonds. The van der Waals surface area contributed by atoms with Gasteiger partial charge in [-0.15, -0.1) is 0 Å². The average Bonchev–Trinajstić information content (AvgIpc) is 2.78. The quantitative estimate of drug-likeness (QED) is 0.877. The number of benzene rings is 1. The lowest BCUT2D eigenvalue weighted by Crippen LogP contribution is -2.32. The largest absolute Gasteiger partial charge is 0.376 e. The highest BCUT2D eigenvalue weighted by Gasteiger charge is 2.18. The molecule has 0 spiro atoms. The van der Waals surface area contributed by atoms with Crippen molar-refractivity contribution in [2.24, 2.45) is 0 Å². The Bertz CT molecular complexity index is 417. The summed E-state index contributed by atoms with van der Waals surface area (Å²) in [7, 11) is 0. The van der Waals surface area contributed by atoms with Crippen LogP contribution in [-0.4, -0.2) is 25.2 Å². The van der Waals surface area contributed by atoms with Crippen molar-refractivity contribution in [3.05, 3.63) is 35.4 Å². The molecule has 1 aliphatic heterocycles. The molecule has 1 aliphatic rings. The Labute approximate surface area is 97.8 Å². The van der Waals surface area contributed by atoms with Crippen molar-refractivity contribution in [2.45, 2.75) is 18.9 Å². The summed E-state index contributed by atoms with van der Waals surface area (Å²) >= 11 is 0. The third kappa shape index (κ3) is 3.00. The second kappa shape index (κ2) is 5.23. The van der Waals surface area contributed by atoms with Gasteiger partial charge in [-0.05, 0) is 25.0 Å². The molecule has 0 aliphatic carbocycles. The van der Waals surface area contributed by atoms with Crippen LogP contribution in [0.2, 0.25) is 0 Å². The van der Waals surface area contributed by atoms with E-state index >= 15 is 0 Å². The Balaban J connectivity index is 1.94. The van der Waals surface area contributed by atoms with Gasteiger partial charge in [-0.3, -0.25) is 4.79 Å². The highest BCUT2D eigenvalue weighted by Crippen LogP contribution is 2.12. The van der Waals surface area contributed by atoms with Crippen molar-refractivity contribution >= 4 is 5.91 Å². The summed E-state index contributed by atoms with van der Waals surface area (Å²) in [6.45, 7) is 1.06. The summed E-state index contributed by atoms with van der Waals surface area (Å²) in [6, 6.07) is 2.89. The van der Waals surface area contributed by atoms with E-state index < -0.39 is 17.5 Å². The molecule has 1 heterocycles. The molecule has 1 atom stereocenters. The van der Waals surface area contributed by atoms with Crippen molar-refractivity contribution in [1.29, 1.82) is 0 Å². The Hall–Kier alpha value is -1.49. The summed E-state index contributed by atoms with van der Waals surface area (Å²) in [5.74, 6) is -2.09. The van der Waals surface area contributed by atoms with Crippen molar-refractivity contribution in [2.75, 3.05) is 13.2 Å². The summed E-state index contributed by atoms with van der Waals surface area (Å²) in [5.41, 5.74) is -0.149. The van der Waals surface area contributed by atoms with Gasteiger partial charge in [0.2, 0.25) is 0 Å².